The Kier molecular flexibility index (Phi) is 5.99. The molecule has 1 aromatic heterocycles. The summed E-state index contributed by atoms with van der Waals surface area (Å²) in [4.78, 5) is 40.3. The van der Waals surface area contributed by atoms with E-state index in [4.69, 9.17) is 4.74 Å². The van der Waals surface area contributed by atoms with Gasteiger partial charge in [0.15, 0.2) is 5.13 Å². The van der Waals surface area contributed by atoms with E-state index in [9.17, 15) is 19.7 Å². The molecular weight excluding hydrogens is 394 g/mol. The number of benzene rings is 2. The van der Waals surface area contributed by atoms with Crippen LogP contribution in [0.4, 0.5) is 16.5 Å². The molecule has 8 nitrogen and oxygen atoms in total. The van der Waals surface area contributed by atoms with E-state index >= 15 is 0 Å². The number of non-ortho nitro benzene ring substituents is 1. The van der Waals surface area contributed by atoms with Crippen molar-refractivity contribution in [1.82, 2.24) is 4.98 Å². The van der Waals surface area contributed by atoms with Gasteiger partial charge in [0.25, 0.3) is 5.69 Å². The lowest BCUT2D eigenvalue weighted by Crippen LogP contribution is -2.22. The average molecular weight is 411 g/mol. The fourth-order valence-electron chi connectivity index (χ4n) is 2.60. The van der Waals surface area contributed by atoms with Gasteiger partial charge < -0.3 is 4.74 Å². The van der Waals surface area contributed by atoms with Crippen LogP contribution < -0.4 is 4.90 Å². The highest BCUT2D eigenvalue weighted by Crippen LogP contribution is 2.29. The van der Waals surface area contributed by atoms with Crippen LogP contribution in [0.1, 0.15) is 28.5 Å². The second-order valence-corrected chi connectivity index (χ2v) is 7.03. The molecule has 0 N–H and O–H groups in total. The maximum Gasteiger partial charge on any atom is 0.338 e. The largest absolute Gasteiger partial charge is 0.456 e. The smallest absolute Gasteiger partial charge is 0.338 e. The summed E-state index contributed by atoms with van der Waals surface area (Å²) in [5, 5.41) is 12.9. The maximum atomic E-state index is 12.2. The Balaban J connectivity index is 1.70. The van der Waals surface area contributed by atoms with Crippen molar-refractivity contribution < 1.29 is 19.2 Å². The standard InChI is InChI=1S/C20H17N3O5S/c1-13-4-3-5-18(10-13)22(14(2)24)20-21-16(12-29-20)11-28-19(25)15-6-8-17(9-7-15)23(26)27/h3-10,12H,11H2,1-2H3. The molecule has 0 fully saturated rings. The minimum Gasteiger partial charge on any atom is -0.456 e. The number of hydrogen-bond acceptors (Lipinski definition) is 7. The van der Waals surface area contributed by atoms with E-state index in [1.165, 1.54) is 47.4 Å². The van der Waals surface area contributed by atoms with E-state index in [1.807, 2.05) is 31.2 Å². The summed E-state index contributed by atoms with van der Waals surface area (Å²) in [5.41, 5.74) is 2.32. The average Bonchev–Trinajstić information content (AvgIpc) is 3.14. The zero-order valence-electron chi connectivity index (χ0n) is 15.7. The number of esters is 1. The van der Waals surface area contributed by atoms with Crippen molar-refractivity contribution in [3.63, 3.8) is 0 Å². The van der Waals surface area contributed by atoms with Crippen LogP contribution in [0, 0.1) is 17.0 Å². The molecule has 0 spiro atoms. The van der Waals surface area contributed by atoms with Gasteiger partial charge in [-0.2, -0.15) is 0 Å². The maximum absolute atomic E-state index is 12.2. The first-order chi connectivity index (χ1) is 13.8. The normalized spacial score (nSPS) is 10.4. The molecule has 29 heavy (non-hydrogen) atoms. The van der Waals surface area contributed by atoms with Crippen LogP contribution in [0.25, 0.3) is 0 Å². The van der Waals surface area contributed by atoms with Gasteiger partial charge in [-0.15, -0.1) is 11.3 Å². The molecule has 0 radical (unpaired) electrons. The molecule has 3 aromatic rings. The van der Waals surface area contributed by atoms with E-state index in [0.29, 0.717) is 16.5 Å². The quantitative estimate of drug-likeness (QED) is 0.338. The van der Waals surface area contributed by atoms with Gasteiger partial charge in [0.1, 0.15) is 6.61 Å². The summed E-state index contributed by atoms with van der Waals surface area (Å²) in [6.07, 6.45) is 0. The Morgan fingerprint density at radius 3 is 2.55 bits per heavy atom. The van der Waals surface area contributed by atoms with Gasteiger partial charge in [-0.05, 0) is 36.8 Å². The lowest BCUT2D eigenvalue weighted by molar-refractivity contribution is -0.384. The number of amides is 1. The SMILES string of the molecule is CC(=O)N(c1cccc(C)c1)c1nc(COC(=O)c2ccc([N+](=O)[O-])cc2)cs1. The summed E-state index contributed by atoms with van der Waals surface area (Å²) < 4.78 is 5.22. The number of nitrogens with zero attached hydrogens (tertiary/aromatic N) is 3. The predicted octanol–water partition coefficient (Wildman–Crippen LogP) is 4.40. The third-order valence-electron chi connectivity index (χ3n) is 3.97. The van der Waals surface area contributed by atoms with Gasteiger partial charge in [0, 0.05) is 24.4 Å². The topological polar surface area (TPSA) is 103 Å². The molecule has 3 rings (SSSR count). The molecule has 0 unspecified atom stereocenters. The van der Waals surface area contributed by atoms with E-state index < -0.39 is 10.9 Å². The van der Waals surface area contributed by atoms with E-state index in [-0.39, 0.29) is 23.8 Å². The van der Waals surface area contributed by atoms with Crippen LogP contribution in [0.3, 0.4) is 0 Å². The fraction of sp³-hybridized carbons (Fsp3) is 0.150. The van der Waals surface area contributed by atoms with Crippen LogP contribution in [-0.4, -0.2) is 21.8 Å². The highest BCUT2D eigenvalue weighted by Gasteiger charge is 2.19. The zero-order chi connectivity index (χ0) is 21.0. The Hall–Kier alpha value is -3.59. The van der Waals surface area contributed by atoms with Crippen LogP contribution in [0.5, 0.6) is 0 Å². The number of aromatic nitrogens is 1. The van der Waals surface area contributed by atoms with Crippen molar-refractivity contribution in [3.8, 4) is 0 Å². The number of hydrogen-bond donors (Lipinski definition) is 0. The third-order valence-corrected chi connectivity index (χ3v) is 4.85. The van der Waals surface area contributed by atoms with Crippen LogP contribution in [0.2, 0.25) is 0 Å². The minimum absolute atomic E-state index is 0.0775. The number of rotatable bonds is 6. The van der Waals surface area contributed by atoms with Crippen molar-refractivity contribution >= 4 is 39.7 Å². The zero-order valence-corrected chi connectivity index (χ0v) is 16.5. The van der Waals surface area contributed by atoms with Gasteiger partial charge in [0.05, 0.1) is 21.9 Å². The number of anilines is 2. The molecule has 1 heterocycles. The van der Waals surface area contributed by atoms with Gasteiger partial charge >= 0.3 is 5.97 Å². The minimum atomic E-state index is -0.614. The van der Waals surface area contributed by atoms with E-state index in [0.717, 1.165) is 5.56 Å². The first-order valence-corrected chi connectivity index (χ1v) is 9.46. The summed E-state index contributed by atoms with van der Waals surface area (Å²) in [6, 6.07) is 12.7. The van der Waals surface area contributed by atoms with Crippen molar-refractivity contribution in [2.75, 3.05) is 4.90 Å². The van der Waals surface area contributed by atoms with Crippen LogP contribution in [-0.2, 0) is 16.1 Å². The van der Waals surface area contributed by atoms with Crippen molar-refractivity contribution in [3.05, 3.63) is 80.8 Å². The molecule has 0 atom stereocenters. The molecule has 0 aliphatic rings. The summed E-state index contributed by atoms with van der Waals surface area (Å²) in [6.45, 7) is 3.32. The van der Waals surface area contributed by atoms with Crippen molar-refractivity contribution in [2.45, 2.75) is 20.5 Å². The predicted molar refractivity (Wildman–Crippen MR) is 108 cm³/mol. The number of carbonyl (C=O) groups excluding carboxylic acids is 2. The Morgan fingerprint density at radius 1 is 1.21 bits per heavy atom. The lowest BCUT2D eigenvalue weighted by atomic mass is 10.2. The molecular formula is C20H17N3O5S. The van der Waals surface area contributed by atoms with E-state index in [1.54, 1.807) is 5.38 Å². The second kappa shape index (κ2) is 8.61. The Bertz CT molecular complexity index is 1060. The van der Waals surface area contributed by atoms with Gasteiger partial charge in [0.2, 0.25) is 5.91 Å². The monoisotopic (exact) mass is 411 g/mol. The number of ether oxygens (including phenoxy) is 1. The first-order valence-electron chi connectivity index (χ1n) is 8.58. The highest BCUT2D eigenvalue weighted by atomic mass is 32.1. The highest BCUT2D eigenvalue weighted by molar-refractivity contribution is 7.14. The third kappa shape index (κ3) is 4.82. The first kappa shape index (κ1) is 20.2. The number of thiazole rings is 1. The van der Waals surface area contributed by atoms with Crippen molar-refractivity contribution in [2.24, 2.45) is 0 Å². The molecule has 0 bridgehead atoms. The molecule has 0 saturated heterocycles. The number of aryl methyl sites for hydroxylation is 1. The van der Waals surface area contributed by atoms with Gasteiger partial charge in [-0.25, -0.2) is 9.78 Å². The molecule has 1 amide bonds. The summed E-state index contributed by atoms with van der Waals surface area (Å²) in [5.74, 6) is -0.795. The molecule has 148 valence electrons. The molecule has 2 aromatic carbocycles. The van der Waals surface area contributed by atoms with Gasteiger partial charge in [-0.3, -0.25) is 19.8 Å². The molecule has 9 heteroatoms. The number of carbonyl (C=O) groups is 2. The second-order valence-electron chi connectivity index (χ2n) is 6.19. The summed E-state index contributed by atoms with van der Waals surface area (Å²) >= 11 is 1.27. The van der Waals surface area contributed by atoms with Gasteiger partial charge in [-0.1, -0.05) is 12.1 Å². The van der Waals surface area contributed by atoms with Crippen molar-refractivity contribution in [1.29, 1.82) is 0 Å². The number of nitro benzene ring substituents is 1. The van der Waals surface area contributed by atoms with E-state index in [2.05, 4.69) is 4.98 Å². The molecule has 0 aliphatic carbocycles. The summed E-state index contributed by atoms with van der Waals surface area (Å²) in [7, 11) is 0. The Labute approximate surface area is 170 Å². The molecule has 0 aliphatic heterocycles. The lowest BCUT2D eigenvalue weighted by Gasteiger charge is -2.18. The number of nitro groups is 1. The van der Waals surface area contributed by atoms with Crippen LogP contribution in [0.15, 0.2) is 53.9 Å². The fourth-order valence-corrected chi connectivity index (χ4v) is 3.47. The molecule has 0 saturated carbocycles. The van der Waals surface area contributed by atoms with Crippen LogP contribution >= 0.6 is 11.3 Å². The Morgan fingerprint density at radius 2 is 1.93 bits per heavy atom.